The normalized spacial score (nSPS) is 12.3. The van der Waals surface area contributed by atoms with Crippen LogP contribution in [0, 0.1) is 10.1 Å². The van der Waals surface area contributed by atoms with E-state index in [9.17, 15) is 10.1 Å². The van der Waals surface area contributed by atoms with E-state index in [1.54, 1.807) is 14.0 Å². The average Bonchev–Trinajstić information content (AvgIpc) is 2.99. The van der Waals surface area contributed by atoms with Crippen molar-refractivity contribution in [1.29, 1.82) is 0 Å². The number of hydrogen-bond acceptors (Lipinski definition) is 7. The highest BCUT2D eigenvalue weighted by Crippen LogP contribution is 2.31. The predicted molar refractivity (Wildman–Crippen MR) is 70.1 cm³/mol. The van der Waals surface area contributed by atoms with Crippen molar-refractivity contribution >= 4 is 11.5 Å². The molecule has 0 spiro atoms. The lowest BCUT2D eigenvalue weighted by Gasteiger charge is -2.10. The largest absolute Gasteiger partial charge is 0.355 e. The molecule has 10 nitrogen and oxygen atoms in total. The molecule has 10 heteroatoms. The highest BCUT2D eigenvalue weighted by atomic mass is 16.6. The standard InChI is InChI=1S/C10H16N8O2/c1-4-5-7-8(18(19)20)10(17(3)14-7)11-6(2)9-12-15-16-13-9/h6,11H,4-5H2,1-3H3,(H,12,13,15,16). The summed E-state index contributed by atoms with van der Waals surface area (Å²) < 4.78 is 1.47. The van der Waals surface area contributed by atoms with Gasteiger partial charge in [-0.2, -0.15) is 10.3 Å². The Balaban J connectivity index is 2.33. The first kappa shape index (κ1) is 13.9. The van der Waals surface area contributed by atoms with Crippen molar-refractivity contribution in [2.45, 2.75) is 32.7 Å². The molecular formula is C10H16N8O2. The minimum atomic E-state index is -0.413. The Morgan fingerprint density at radius 2 is 2.30 bits per heavy atom. The van der Waals surface area contributed by atoms with Crippen molar-refractivity contribution in [1.82, 2.24) is 30.4 Å². The summed E-state index contributed by atoms with van der Waals surface area (Å²) in [6.07, 6.45) is 1.35. The van der Waals surface area contributed by atoms with Crippen molar-refractivity contribution in [2.75, 3.05) is 5.32 Å². The average molecular weight is 280 g/mol. The molecule has 0 aliphatic heterocycles. The molecule has 2 N–H and O–H groups in total. The molecule has 0 aliphatic carbocycles. The van der Waals surface area contributed by atoms with Gasteiger partial charge in [0.25, 0.3) is 0 Å². The Hall–Kier alpha value is -2.52. The van der Waals surface area contributed by atoms with E-state index in [0.717, 1.165) is 6.42 Å². The van der Waals surface area contributed by atoms with Crippen LogP contribution in [0.5, 0.6) is 0 Å². The molecular weight excluding hydrogens is 264 g/mol. The fraction of sp³-hybridized carbons (Fsp3) is 0.600. The minimum absolute atomic E-state index is 0.00435. The first-order chi connectivity index (χ1) is 9.54. The van der Waals surface area contributed by atoms with Gasteiger partial charge in [0.1, 0.15) is 5.69 Å². The quantitative estimate of drug-likeness (QED) is 0.596. The summed E-state index contributed by atoms with van der Waals surface area (Å²) in [7, 11) is 1.66. The van der Waals surface area contributed by atoms with E-state index in [4.69, 9.17) is 0 Å². The Morgan fingerprint density at radius 3 is 2.85 bits per heavy atom. The van der Waals surface area contributed by atoms with Gasteiger partial charge in [-0.25, -0.2) is 4.68 Å². The molecule has 0 radical (unpaired) electrons. The Morgan fingerprint density at radius 1 is 1.55 bits per heavy atom. The van der Waals surface area contributed by atoms with Crippen LogP contribution in [0.3, 0.4) is 0 Å². The van der Waals surface area contributed by atoms with Gasteiger partial charge in [0.2, 0.25) is 5.82 Å². The molecule has 20 heavy (non-hydrogen) atoms. The van der Waals surface area contributed by atoms with E-state index in [0.29, 0.717) is 23.8 Å². The molecule has 1 unspecified atom stereocenters. The topological polar surface area (TPSA) is 127 Å². The van der Waals surface area contributed by atoms with Crippen LogP contribution in [0.2, 0.25) is 0 Å². The third-order valence-electron chi connectivity index (χ3n) is 2.86. The minimum Gasteiger partial charge on any atom is -0.355 e. The number of nitro groups is 1. The molecule has 2 aromatic heterocycles. The smallest absolute Gasteiger partial charge is 0.334 e. The first-order valence-corrected chi connectivity index (χ1v) is 6.24. The second kappa shape index (κ2) is 5.63. The van der Waals surface area contributed by atoms with E-state index < -0.39 is 4.92 Å². The lowest BCUT2D eigenvalue weighted by Crippen LogP contribution is -2.12. The van der Waals surface area contributed by atoms with Crippen molar-refractivity contribution in [3.05, 3.63) is 21.6 Å². The van der Waals surface area contributed by atoms with Crippen molar-refractivity contribution in [2.24, 2.45) is 7.05 Å². The number of anilines is 1. The molecule has 2 rings (SSSR count). The third kappa shape index (κ3) is 2.58. The van der Waals surface area contributed by atoms with Gasteiger partial charge in [0.05, 0.1) is 11.0 Å². The SMILES string of the molecule is CCCc1nn(C)c(NC(C)c2nn[nH]n2)c1[N+](=O)[O-]. The van der Waals surface area contributed by atoms with Gasteiger partial charge in [-0.05, 0) is 13.3 Å². The van der Waals surface area contributed by atoms with E-state index >= 15 is 0 Å². The van der Waals surface area contributed by atoms with Gasteiger partial charge in [-0.1, -0.05) is 18.6 Å². The zero-order valence-corrected chi connectivity index (χ0v) is 11.5. The molecule has 0 saturated heterocycles. The second-order valence-corrected chi connectivity index (χ2v) is 4.41. The number of nitrogens with one attached hydrogen (secondary N) is 2. The van der Waals surface area contributed by atoms with Crippen molar-refractivity contribution in [3.8, 4) is 0 Å². The number of aromatic nitrogens is 6. The lowest BCUT2D eigenvalue weighted by molar-refractivity contribution is -0.384. The van der Waals surface area contributed by atoms with E-state index in [-0.39, 0.29) is 11.7 Å². The van der Waals surface area contributed by atoms with Crippen LogP contribution in [-0.2, 0) is 13.5 Å². The Labute approximate surface area is 114 Å². The van der Waals surface area contributed by atoms with Gasteiger partial charge in [0, 0.05) is 7.05 Å². The van der Waals surface area contributed by atoms with E-state index in [2.05, 4.69) is 31.0 Å². The summed E-state index contributed by atoms with van der Waals surface area (Å²) in [5.74, 6) is 0.772. The Bertz CT molecular complexity index is 591. The monoisotopic (exact) mass is 280 g/mol. The summed E-state index contributed by atoms with van der Waals surface area (Å²) in [5, 5.41) is 32.0. The summed E-state index contributed by atoms with van der Waals surface area (Å²) >= 11 is 0. The molecule has 2 heterocycles. The van der Waals surface area contributed by atoms with Gasteiger partial charge in [0.15, 0.2) is 5.82 Å². The maximum absolute atomic E-state index is 11.3. The fourth-order valence-corrected chi connectivity index (χ4v) is 1.95. The zero-order valence-electron chi connectivity index (χ0n) is 11.5. The molecule has 0 saturated carbocycles. The third-order valence-corrected chi connectivity index (χ3v) is 2.86. The zero-order chi connectivity index (χ0) is 14.7. The van der Waals surface area contributed by atoms with Gasteiger partial charge < -0.3 is 5.32 Å². The molecule has 0 aromatic carbocycles. The summed E-state index contributed by atoms with van der Waals surface area (Å²) in [5.41, 5.74) is 0.479. The molecule has 2 aromatic rings. The van der Waals surface area contributed by atoms with Gasteiger partial charge in [-0.15, -0.1) is 10.2 Å². The number of nitrogens with zero attached hydrogens (tertiary/aromatic N) is 6. The van der Waals surface area contributed by atoms with Crippen LogP contribution in [0.25, 0.3) is 0 Å². The summed E-state index contributed by atoms with van der Waals surface area (Å²) in [6.45, 7) is 3.74. The van der Waals surface area contributed by atoms with E-state index in [1.807, 2.05) is 6.92 Å². The Kier molecular flexibility index (Phi) is 3.91. The van der Waals surface area contributed by atoms with Gasteiger partial charge >= 0.3 is 5.69 Å². The second-order valence-electron chi connectivity index (χ2n) is 4.41. The number of hydrogen-bond donors (Lipinski definition) is 2. The van der Waals surface area contributed by atoms with E-state index in [1.165, 1.54) is 4.68 Å². The number of tetrazole rings is 1. The summed E-state index contributed by atoms with van der Waals surface area (Å²) in [6, 6.07) is -0.322. The number of aryl methyl sites for hydroxylation is 2. The van der Waals surface area contributed by atoms with Crippen LogP contribution in [0.4, 0.5) is 11.5 Å². The van der Waals surface area contributed by atoms with Crippen LogP contribution in [-0.4, -0.2) is 35.3 Å². The van der Waals surface area contributed by atoms with Gasteiger partial charge in [-0.3, -0.25) is 10.1 Å². The number of aromatic amines is 1. The molecule has 0 fully saturated rings. The highest BCUT2D eigenvalue weighted by Gasteiger charge is 2.27. The maximum Gasteiger partial charge on any atom is 0.334 e. The summed E-state index contributed by atoms with van der Waals surface area (Å²) in [4.78, 5) is 10.8. The first-order valence-electron chi connectivity index (χ1n) is 6.24. The predicted octanol–water partition coefficient (Wildman–Crippen LogP) is 0.967. The molecule has 1 atom stereocenters. The maximum atomic E-state index is 11.3. The number of rotatable bonds is 6. The molecule has 108 valence electrons. The van der Waals surface area contributed by atoms with Crippen LogP contribution in [0.1, 0.15) is 37.8 Å². The van der Waals surface area contributed by atoms with Crippen molar-refractivity contribution in [3.63, 3.8) is 0 Å². The molecule has 0 aliphatic rings. The molecule has 0 amide bonds. The lowest BCUT2D eigenvalue weighted by atomic mass is 10.2. The number of H-pyrrole nitrogens is 1. The highest BCUT2D eigenvalue weighted by molar-refractivity contribution is 5.60. The van der Waals surface area contributed by atoms with Crippen LogP contribution < -0.4 is 5.32 Å². The van der Waals surface area contributed by atoms with Crippen LogP contribution in [0.15, 0.2) is 0 Å². The van der Waals surface area contributed by atoms with Crippen LogP contribution >= 0.6 is 0 Å². The molecule has 0 bridgehead atoms. The van der Waals surface area contributed by atoms with Crippen molar-refractivity contribution < 1.29 is 4.92 Å². The fourth-order valence-electron chi connectivity index (χ4n) is 1.95.